The van der Waals surface area contributed by atoms with E-state index < -0.39 is 0 Å². The minimum atomic E-state index is 0.495. The Labute approximate surface area is 66.0 Å². The zero-order valence-corrected chi connectivity index (χ0v) is 8.28. The highest BCUT2D eigenvalue weighted by Gasteiger charge is 2.18. The van der Waals surface area contributed by atoms with E-state index in [2.05, 4.69) is 25.7 Å². The molecule has 0 aliphatic carbocycles. The van der Waals surface area contributed by atoms with Crippen LogP contribution in [0, 0.1) is 5.41 Å². The van der Waals surface area contributed by atoms with Gasteiger partial charge in [0, 0.05) is 19.4 Å². The van der Waals surface area contributed by atoms with Gasteiger partial charge in [0.15, 0.2) is 0 Å². The fourth-order valence-electron chi connectivity index (χ4n) is 1.36. The van der Waals surface area contributed by atoms with Gasteiger partial charge >= 0.3 is 0 Å². The second kappa shape index (κ2) is 3.19. The molecule has 60 valence electrons. The predicted molar refractivity (Wildman–Crippen MR) is 49.1 cm³/mol. The number of nitrogens with zero attached hydrogens (tertiary/aromatic N) is 1. The molecule has 1 atom stereocenters. The smallest absolute Gasteiger partial charge is 0.0156 e. The van der Waals surface area contributed by atoms with Crippen LogP contribution in [0.15, 0.2) is 0 Å². The predicted octanol–water partition coefficient (Wildman–Crippen LogP) is 1.98. The third kappa shape index (κ3) is 2.98. The Morgan fingerprint density at radius 3 is 2.50 bits per heavy atom. The molecule has 1 saturated heterocycles. The molecule has 0 aromatic heterocycles. The highest BCUT2D eigenvalue weighted by molar-refractivity contribution is 7.38. The summed E-state index contributed by atoms with van der Waals surface area (Å²) in [7, 11) is 1.20. The summed E-state index contributed by atoms with van der Waals surface area (Å²) in [5.74, 6) is 0. The van der Waals surface area contributed by atoms with Gasteiger partial charge in [0.05, 0.1) is 0 Å². The standard InChI is InChI=1S/C8H18NP/c1-8(2,3)6-9-4-5-10-7-9/h10H,4-7H2,1-3H3. The summed E-state index contributed by atoms with van der Waals surface area (Å²) < 4.78 is 0. The monoisotopic (exact) mass is 159 g/mol. The van der Waals surface area contributed by atoms with E-state index >= 15 is 0 Å². The fourth-order valence-corrected chi connectivity index (χ4v) is 2.58. The summed E-state index contributed by atoms with van der Waals surface area (Å²) in [6.45, 7) is 9.56. The zero-order chi connectivity index (χ0) is 7.61. The molecule has 10 heavy (non-hydrogen) atoms. The second-order valence-electron chi connectivity index (χ2n) is 4.27. The third-order valence-corrected chi connectivity index (χ3v) is 2.89. The van der Waals surface area contributed by atoms with Crippen LogP contribution in [-0.4, -0.2) is 30.4 Å². The van der Waals surface area contributed by atoms with E-state index in [1.54, 1.807) is 0 Å². The first-order valence-electron chi connectivity index (χ1n) is 4.01. The largest absolute Gasteiger partial charge is 0.299 e. The lowest BCUT2D eigenvalue weighted by atomic mass is 9.96. The van der Waals surface area contributed by atoms with Gasteiger partial charge in [-0.15, -0.1) is 8.58 Å². The van der Waals surface area contributed by atoms with Crippen molar-refractivity contribution in [1.29, 1.82) is 0 Å². The van der Waals surface area contributed by atoms with Crippen LogP contribution < -0.4 is 0 Å². The molecule has 0 aromatic carbocycles. The maximum absolute atomic E-state index is 2.58. The molecular formula is C8H18NP. The van der Waals surface area contributed by atoms with Gasteiger partial charge in [0.25, 0.3) is 0 Å². The number of hydrogen-bond acceptors (Lipinski definition) is 1. The van der Waals surface area contributed by atoms with Gasteiger partial charge in [-0.3, -0.25) is 4.90 Å². The summed E-state index contributed by atoms with van der Waals surface area (Å²) in [4.78, 5) is 2.58. The average molecular weight is 159 g/mol. The van der Waals surface area contributed by atoms with E-state index in [1.807, 2.05) is 0 Å². The van der Waals surface area contributed by atoms with Crippen molar-refractivity contribution >= 4 is 8.58 Å². The molecule has 0 radical (unpaired) electrons. The van der Waals surface area contributed by atoms with Gasteiger partial charge in [-0.2, -0.15) is 0 Å². The lowest BCUT2D eigenvalue weighted by Crippen LogP contribution is -2.30. The number of hydrogen-bond donors (Lipinski definition) is 0. The maximum atomic E-state index is 2.58. The van der Waals surface area contributed by atoms with Crippen LogP contribution >= 0.6 is 8.58 Å². The molecule has 1 unspecified atom stereocenters. The first-order chi connectivity index (χ1) is 4.58. The highest BCUT2D eigenvalue weighted by atomic mass is 31.1. The molecule has 1 heterocycles. The van der Waals surface area contributed by atoms with Crippen molar-refractivity contribution in [3.63, 3.8) is 0 Å². The van der Waals surface area contributed by atoms with Gasteiger partial charge in [0.1, 0.15) is 0 Å². The maximum Gasteiger partial charge on any atom is 0.0156 e. The topological polar surface area (TPSA) is 3.24 Å². The fraction of sp³-hybridized carbons (Fsp3) is 1.00. The SMILES string of the molecule is CC(C)(C)CN1CCPC1. The van der Waals surface area contributed by atoms with Gasteiger partial charge in [0.2, 0.25) is 0 Å². The summed E-state index contributed by atoms with van der Waals surface area (Å²) in [5.41, 5.74) is 0.495. The van der Waals surface area contributed by atoms with Crippen molar-refractivity contribution in [2.24, 2.45) is 5.41 Å². The van der Waals surface area contributed by atoms with Crippen molar-refractivity contribution in [2.45, 2.75) is 20.8 Å². The second-order valence-corrected chi connectivity index (χ2v) is 5.59. The van der Waals surface area contributed by atoms with E-state index in [4.69, 9.17) is 0 Å². The van der Waals surface area contributed by atoms with Crippen molar-refractivity contribution in [3.05, 3.63) is 0 Å². The van der Waals surface area contributed by atoms with Gasteiger partial charge in [-0.1, -0.05) is 20.8 Å². The number of rotatable bonds is 1. The Morgan fingerprint density at radius 1 is 1.40 bits per heavy atom. The average Bonchev–Trinajstić information content (AvgIpc) is 2.12. The van der Waals surface area contributed by atoms with Crippen LogP contribution in [0.2, 0.25) is 0 Å². The van der Waals surface area contributed by atoms with E-state index in [9.17, 15) is 0 Å². The normalized spacial score (nSPS) is 24.3. The molecule has 0 bridgehead atoms. The van der Waals surface area contributed by atoms with Crippen LogP contribution in [0.3, 0.4) is 0 Å². The van der Waals surface area contributed by atoms with Crippen molar-refractivity contribution in [2.75, 3.05) is 25.5 Å². The van der Waals surface area contributed by atoms with Crippen molar-refractivity contribution in [3.8, 4) is 0 Å². The molecule has 1 aliphatic rings. The summed E-state index contributed by atoms with van der Waals surface area (Å²) in [5, 5.41) is 0. The summed E-state index contributed by atoms with van der Waals surface area (Å²) in [6, 6.07) is 0. The van der Waals surface area contributed by atoms with Gasteiger partial charge in [-0.25, -0.2) is 0 Å². The molecular weight excluding hydrogens is 141 g/mol. The first kappa shape index (κ1) is 8.49. The third-order valence-electron chi connectivity index (χ3n) is 1.64. The van der Waals surface area contributed by atoms with E-state index in [-0.39, 0.29) is 0 Å². The van der Waals surface area contributed by atoms with Crippen LogP contribution in [-0.2, 0) is 0 Å². The molecule has 1 rings (SSSR count). The Bertz CT molecular complexity index is 100. The molecule has 0 spiro atoms. The lowest BCUT2D eigenvalue weighted by molar-refractivity contribution is 0.237. The molecule has 0 amide bonds. The molecule has 0 N–H and O–H groups in total. The Balaban J connectivity index is 2.24. The van der Waals surface area contributed by atoms with Gasteiger partial charge in [-0.05, 0) is 11.6 Å². The summed E-state index contributed by atoms with van der Waals surface area (Å²) in [6.07, 6.45) is 2.80. The summed E-state index contributed by atoms with van der Waals surface area (Å²) >= 11 is 0. The van der Waals surface area contributed by atoms with E-state index in [1.165, 1.54) is 34.1 Å². The van der Waals surface area contributed by atoms with Crippen molar-refractivity contribution in [1.82, 2.24) is 4.90 Å². The van der Waals surface area contributed by atoms with Crippen LogP contribution in [0.1, 0.15) is 20.8 Å². The van der Waals surface area contributed by atoms with E-state index in [0.29, 0.717) is 5.41 Å². The zero-order valence-electron chi connectivity index (χ0n) is 7.28. The Morgan fingerprint density at radius 2 is 2.10 bits per heavy atom. The van der Waals surface area contributed by atoms with Gasteiger partial charge < -0.3 is 0 Å². The minimum Gasteiger partial charge on any atom is -0.299 e. The molecule has 1 aliphatic heterocycles. The van der Waals surface area contributed by atoms with Crippen LogP contribution in [0.5, 0.6) is 0 Å². The molecule has 0 saturated carbocycles. The van der Waals surface area contributed by atoms with Crippen LogP contribution in [0.25, 0.3) is 0 Å². The molecule has 2 heteroatoms. The minimum absolute atomic E-state index is 0.495. The lowest BCUT2D eigenvalue weighted by Gasteiger charge is -2.25. The molecule has 0 aromatic rings. The van der Waals surface area contributed by atoms with E-state index in [0.717, 1.165) is 0 Å². The Hall–Kier alpha value is 0.390. The Kier molecular flexibility index (Phi) is 2.71. The molecule has 1 nitrogen and oxygen atoms in total. The van der Waals surface area contributed by atoms with Crippen LogP contribution in [0.4, 0.5) is 0 Å². The molecule has 1 fully saturated rings. The quantitative estimate of drug-likeness (QED) is 0.529. The highest BCUT2D eigenvalue weighted by Crippen LogP contribution is 2.24. The van der Waals surface area contributed by atoms with Crippen molar-refractivity contribution < 1.29 is 0 Å². The first-order valence-corrected chi connectivity index (χ1v) is 5.42.